The SMILES string of the molecule is CC1C(NC(=O)OC(C)(C)C)=CCCN1C. The summed E-state index contributed by atoms with van der Waals surface area (Å²) in [5, 5.41) is 2.81. The number of likely N-dealkylation sites (N-methyl/N-ethyl adjacent to an activating group) is 1. The molecule has 0 aromatic carbocycles. The van der Waals surface area contributed by atoms with Gasteiger partial charge in [0, 0.05) is 18.3 Å². The lowest BCUT2D eigenvalue weighted by atomic mass is 10.1. The summed E-state index contributed by atoms with van der Waals surface area (Å²) in [6.07, 6.45) is 2.65. The molecule has 0 aliphatic carbocycles. The van der Waals surface area contributed by atoms with Crippen molar-refractivity contribution in [3.63, 3.8) is 0 Å². The molecule has 0 saturated carbocycles. The van der Waals surface area contributed by atoms with Crippen LogP contribution in [0.1, 0.15) is 34.1 Å². The predicted octanol–water partition coefficient (Wildman–Crippen LogP) is 2.12. The van der Waals surface area contributed by atoms with Crippen LogP contribution in [0.3, 0.4) is 0 Å². The average Bonchev–Trinajstić information content (AvgIpc) is 2.09. The molecule has 4 heteroatoms. The van der Waals surface area contributed by atoms with Gasteiger partial charge in [0.05, 0.1) is 0 Å². The number of carbonyl (C=O) groups is 1. The lowest BCUT2D eigenvalue weighted by molar-refractivity contribution is 0.0534. The maximum Gasteiger partial charge on any atom is 0.411 e. The van der Waals surface area contributed by atoms with Gasteiger partial charge in [0.15, 0.2) is 0 Å². The third kappa shape index (κ3) is 3.85. The highest BCUT2D eigenvalue weighted by Gasteiger charge is 2.22. The van der Waals surface area contributed by atoms with Gasteiger partial charge in [-0.2, -0.15) is 0 Å². The van der Waals surface area contributed by atoms with Crippen molar-refractivity contribution in [1.82, 2.24) is 10.2 Å². The van der Waals surface area contributed by atoms with Crippen LogP contribution in [-0.4, -0.2) is 36.2 Å². The summed E-state index contributed by atoms with van der Waals surface area (Å²) in [6.45, 7) is 8.68. The molecule has 4 nitrogen and oxygen atoms in total. The molecule has 1 aliphatic rings. The van der Waals surface area contributed by atoms with Crippen LogP contribution in [0, 0.1) is 0 Å². The van der Waals surface area contributed by atoms with E-state index in [2.05, 4.69) is 30.3 Å². The number of nitrogens with zero attached hydrogens (tertiary/aromatic N) is 1. The first-order valence-corrected chi connectivity index (χ1v) is 5.70. The highest BCUT2D eigenvalue weighted by molar-refractivity contribution is 5.70. The van der Waals surface area contributed by atoms with E-state index in [0.717, 1.165) is 18.7 Å². The maximum absolute atomic E-state index is 11.6. The summed E-state index contributed by atoms with van der Waals surface area (Å²) in [5.74, 6) is 0. The minimum atomic E-state index is -0.450. The third-order valence-electron chi connectivity index (χ3n) is 2.60. The van der Waals surface area contributed by atoms with Crippen molar-refractivity contribution >= 4 is 6.09 Å². The van der Waals surface area contributed by atoms with Crippen molar-refractivity contribution in [2.45, 2.75) is 45.8 Å². The summed E-state index contributed by atoms with van der Waals surface area (Å²) < 4.78 is 5.21. The summed E-state index contributed by atoms with van der Waals surface area (Å²) in [7, 11) is 2.05. The lowest BCUT2D eigenvalue weighted by Gasteiger charge is -2.31. The Kier molecular flexibility index (Phi) is 3.97. The second-order valence-electron chi connectivity index (χ2n) is 5.23. The van der Waals surface area contributed by atoms with E-state index < -0.39 is 5.60 Å². The molecule has 0 radical (unpaired) electrons. The fraction of sp³-hybridized carbons (Fsp3) is 0.750. The minimum Gasteiger partial charge on any atom is -0.444 e. The van der Waals surface area contributed by atoms with Crippen LogP contribution in [0.5, 0.6) is 0 Å². The van der Waals surface area contributed by atoms with Crippen molar-refractivity contribution in [3.8, 4) is 0 Å². The van der Waals surface area contributed by atoms with Gasteiger partial charge in [-0.25, -0.2) is 4.79 Å². The Morgan fingerprint density at radius 2 is 2.19 bits per heavy atom. The summed E-state index contributed by atoms with van der Waals surface area (Å²) in [4.78, 5) is 13.8. The van der Waals surface area contributed by atoms with E-state index in [1.165, 1.54) is 0 Å². The van der Waals surface area contributed by atoms with Gasteiger partial charge >= 0.3 is 6.09 Å². The summed E-state index contributed by atoms with van der Waals surface area (Å²) in [6, 6.07) is 0.237. The Labute approximate surface area is 97.6 Å². The number of amides is 1. The number of alkyl carbamates (subject to hydrolysis) is 1. The van der Waals surface area contributed by atoms with E-state index in [0.29, 0.717) is 0 Å². The zero-order valence-corrected chi connectivity index (χ0v) is 10.8. The van der Waals surface area contributed by atoms with Crippen LogP contribution in [0.15, 0.2) is 11.8 Å². The molecule has 1 unspecified atom stereocenters. The van der Waals surface area contributed by atoms with Gasteiger partial charge in [-0.1, -0.05) is 6.08 Å². The van der Waals surface area contributed by atoms with Crippen LogP contribution in [0.4, 0.5) is 4.79 Å². The first kappa shape index (κ1) is 13.0. The Bertz CT molecular complexity index is 292. The van der Waals surface area contributed by atoms with E-state index in [9.17, 15) is 4.79 Å². The van der Waals surface area contributed by atoms with Crippen LogP contribution in [0.2, 0.25) is 0 Å². The van der Waals surface area contributed by atoms with Gasteiger partial charge in [-0.15, -0.1) is 0 Å². The molecule has 1 aliphatic heterocycles. The van der Waals surface area contributed by atoms with Crippen molar-refractivity contribution in [1.29, 1.82) is 0 Å². The largest absolute Gasteiger partial charge is 0.444 e. The number of hydrogen-bond acceptors (Lipinski definition) is 3. The highest BCUT2D eigenvalue weighted by Crippen LogP contribution is 2.14. The fourth-order valence-corrected chi connectivity index (χ4v) is 1.60. The number of ether oxygens (including phenoxy) is 1. The van der Waals surface area contributed by atoms with Crippen LogP contribution in [0.25, 0.3) is 0 Å². The van der Waals surface area contributed by atoms with Crippen molar-refractivity contribution in [3.05, 3.63) is 11.8 Å². The molecule has 1 heterocycles. The van der Waals surface area contributed by atoms with Gasteiger partial charge in [-0.3, -0.25) is 10.2 Å². The van der Waals surface area contributed by atoms with E-state index in [1.54, 1.807) is 0 Å². The Morgan fingerprint density at radius 1 is 1.56 bits per heavy atom. The molecule has 0 spiro atoms. The van der Waals surface area contributed by atoms with Crippen LogP contribution in [-0.2, 0) is 4.74 Å². The van der Waals surface area contributed by atoms with Gasteiger partial charge < -0.3 is 4.74 Å². The third-order valence-corrected chi connectivity index (χ3v) is 2.60. The maximum atomic E-state index is 11.6. The summed E-state index contributed by atoms with van der Waals surface area (Å²) >= 11 is 0. The van der Waals surface area contributed by atoms with Crippen molar-refractivity contribution in [2.75, 3.05) is 13.6 Å². The number of carbonyl (C=O) groups excluding carboxylic acids is 1. The molecular weight excluding hydrogens is 204 g/mol. The van der Waals surface area contributed by atoms with Crippen molar-refractivity contribution < 1.29 is 9.53 Å². The smallest absolute Gasteiger partial charge is 0.411 e. The number of hydrogen-bond donors (Lipinski definition) is 1. The van der Waals surface area contributed by atoms with E-state index >= 15 is 0 Å². The molecule has 92 valence electrons. The molecule has 1 amide bonds. The zero-order valence-electron chi connectivity index (χ0n) is 10.8. The highest BCUT2D eigenvalue weighted by atomic mass is 16.6. The topological polar surface area (TPSA) is 41.6 Å². The normalized spacial score (nSPS) is 22.6. The van der Waals surface area contributed by atoms with E-state index in [4.69, 9.17) is 4.74 Å². The molecule has 0 aromatic rings. The molecular formula is C12H22N2O2. The molecule has 1 rings (SSSR count). The van der Waals surface area contributed by atoms with Gasteiger partial charge in [-0.05, 0) is 41.2 Å². The fourth-order valence-electron chi connectivity index (χ4n) is 1.60. The number of rotatable bonds is 1. The number of nitrogens with one attached hydrogen (secondary N) is 1. The minimum absolute atomic E-state index is 0.237. The quantitative estimate of drug-likeness (QED) is 0.744. The van der Waals surface area contributed by atoms with Gasteiger partial charge in [0.2, 0.25) is 0 Å². The van der Waals surface area contributed by atoms with Crippen LogP contribution < -0.4 is 5.32 Å². The average molecular weight is 226 g/mol. The molecule has 0 saturated heterocycles. The van der Waals surface area contributed by atoms with E-state index in [-0.39, 0.29) is 12.1 Å². The molecule has 1 atom stereocenters. The monoisotopic (exact) mass is 226 g/mol. The Hall–Kier alpha value is -1.03. The summed E-state index contributed by atoms with van der Waals surface area (Å²) in [5.41, 5.74) is 0.483. The molecule has 0 aromatic heterocycles. The zero-order chi connectivity index (χ0) is 12.3. The molecule has 0 fully saturated rings. The van der Waals surface area contributed by atoms with Crippen molar-refractivity contribution in [2.24, 2.45) is 0 Å². The Balaban J connectivity index is 2.54. The van der Waals surface area contributed by atoms with Gasteiger partial charge in [0.1, 0.15) is 5.60 Å². The van der Waals surface area contributed by atoms with E-state index in [1.807, 2.05) is 20.8 Å². The molecule has 16 heavy (non-hydrogen) atoms. The van der Waals surface area contributed by atoms with Gasteiger partial charge in [0.25, 0.3) is 0 Å². The standard InChI is InChI=1S/C12H22N2O2/c1-9-10(7-6-8-14(9)5)13-11(15)16-12(2,3)4/h7,9H,6,8H2,1-5H3,(H,13,15). The first-order chi connectivity index (χ1) is 7.29. The lowest BCUT2D eigenvalue weighted by Crippen LogP contribution is -2.42. The van der Waals surface area contributed by atoms with Crippen LogP contribution >= 0.6 is 0 Å². The Morgan fingerprint density at radius 3 is 2.75 bits per heavy atom. The second kappa shape index (κ2) is 4.87. The predicted molar refractivity (Wildman–Crippen MR) is 64.2 cm³/mol. The first-order valence-electron chi connectivity index (χ1n) is 5.70. The second-order valence-corrected chi connectivity index (χ2v) is 5.23. The molecule has 1 N–H and O–H groups in total. The molecule has 0 bridgehead atoms.